The summed E-state index contributed by atoms with van der Waals surface area (Å²) in [5, 5.41) is 15.0. The zero-order chi connectivity index (χ0) is 24.3. The van der Waals surface area contributed by atoms with Crippen LogP contribution in [0.25, 0.3) is 0 Å². The van der Waals surface area contributed by atoms with Crippen LogP contribution in [0, 0.1) is 51.8 Å². The quantitative estimate of drug-likeness (QED) is 0.439. The molecule has 0 aromatic rings. The van der Waals surface area contributed by atoms with Gasteiger partial charge in [-0.15, -0.1) is 0 Å². The van der Waals surface area contributed by atoms with Gasteiger partial charge in [-0.3, -0.25) is 0 Å². The number of alkyl carbamates (subject to hydrolysis) is 1. The molecule has 0 aromatic heterocycles. The summed E-state index contributed by atoms with van der Waals surface area (Å²) >= 11 is 0. The number of carbonyl (C=O) groups is 1. The topological polar surface area (TPSA) is 58.6 Å². The van der Waals surface area contributed by atoms with E-state index in [0.29, 0.717) is 53.6 Å². The number of hydrogen-bond donors (Lipinski definition) is 2. The molecule has 1 amide bonds. The molecule has 4 heteroatoms. The molecule has 5 fully saturated rings. The summed E-state index contributed by atoms with van der Waals surface area (Å²) in [4.78, 5) is 12.0. The maximum absolute atomic E-state index is 12.1. The number of aliphatic hydroxyl groups is 1. The monoisotopic (exact) mass is 473 g/mol. The van der Waals surface area contributed by atoms with Crippen LogP contribution in [0.2, 0.25) is 0 Å². The van der Waals surface area contributed by atoms with Gasteiger partial charge in [-0.05, 0) is 104 Å². The van der Waals surface area contributed by atoms with Crippen LogP contribution in [-0.2, 0) is 4.74 Å². The highest BCUT2D eigenvalue weighted by Crippen LogP contribution is 2.74. The number of nitrogens with one attached hydrogen (secondary N) is 1. The van der Waals surface area contributed by atoms with E-state index < -0.39 is 0 Å². The molecule has 5 rings (SSSR count). The van der Waals surface area contributed by atoms with Crippen LogP contribution in [-0.4, -0.2) is 30.0 Å². The molecule has 0 aliphatic heterocycles. The van der Waals surface area contributed by atoms with Gasteiger partial charge in [-0.1, -0.05) is 53.9 Å². The van der Waals surface area contributed by atoms with E-state index in [4.69, 9.17) is 4.74 Å². The number of amides is 1. The Kier molecular flexibility index (Phi) is 6.56. The van der Waals surface area contributed by atoms with Crippen LogP contribution in [0.1, 0.15) is 112 Å². The number of aliphatic hydroxyl groups excluding tert-OH is 1. The third kappa shape index (κ3) is 3.75. The van der Waals surface area contributed by atoms with E-state index >= 15 is 0 Å². The lowest BCUT2D eigenvalue weighted by Gasteiger charge is -2.69. The summed E-state index contributed by atoms with van der Waals surface area (Å²) < 4.78 is 5.53. The largest absolute Gasteiger partial charge is 0.450 e. The van der Waals surface area contributed by atoms with E-state index in [9.17, 15) is 9.90 Å². The van der Waals surface area contributed by atoms with E-state index in [1.807, 2.05) is 0 Å². The summed E-state index contributed by atoms with van der Waals surface area (Å²) in [5.74, 6) is 3.64. The minimum atomic E-state index is -0.232. The van der Waals surface area contributed by atoms with E-state index in [1.54, 1.807) is 0 Å². The smallest absolute Gasteiger partial charge is 0.407 e. The van der Waals surface area contributed by atoms with Gasteiger partial charge in [0.05, 0.1) is 12.7 Å². The Morgan fingerprint density at radius 3 is 2.44 bits per heavy atom. The van der Waals surface area contributed by atoms with Crippen LogP contribution in [0.4, 0.5) is 4.79 Å². The molecule has 10 atom stereocenters. The van der Waals surface area contributed by atoms with Crippen LogP contribution < -0.4 is 5.32 Å². The lowest BCUT2D eigenvalue weighted by molar-refractivity contribution is -0.244. The molecule has 5 saturated carbocycles. The molecule has 5 aliphatic carbocycles. The molecule has 34 heavy (non-hydrogen) atoms. The lowest BCUT2D eigenvalue weighted by atomic mass is 9.36. The predicted octanol–water partition coefficient (Wildman–Crippen LogP) is 6.95. The highest BCUT2D eigenvalue weighted by Gasteiger charge is 2.69. The number of carbonyl (C=O) groups excluding carboxylic acids is 1. The normalized spacial score (nSPS) is 48.9. The Bertz CT molecular complexity index is 766. The maximum Gasteiger partial charge on any atom is 0.407 e. The van der Waals surface area contributed by atoms with E-state index in [2.05, 4.69) is 39.9 Å². The van der Waals surface area contributed by atoms with Crippen molar-refractivity contribution in [1.82, 2.24) is 5.32 Å². The van der Waals surface area contributed by atoms with Crippen LogP contribution >= 0.6 is 0 Å². The minimum absolute atomic E-state index is 0.0331. The average Bonchev–Trinajstić information content (AvgIpc) is 3.53. The fourth-order valence-electron chi connectivity index (χ4n) is 10.7. The summed E-state index contributed by atoms with van der Waals surface area (Å²) in [5.41, 5.74) is 0.726. The second kappa shape index (κ2) is 8.96. The fourth-order valence-corrected chi connectivity index (χ4v) is 10.7. The molecule has 0 saturated heterocycles. The molecule has 0 bridgehead atoms. The number of hydrogen-bond acceptors (Lipinski definition) is 3. The lowest BCUT2D eigenvalue weighted by Crippen LogP contribution is -2.66. The first-order chi connectivity index (χ1) is 16.2. The second-order valence-corrected chi connectivity index (χ2v) is 13.9. The summed E-state index contributed by atoms with van der Waals surface area (Å²) in [6.45, 7) is 12.9. The number of fused-ring (bicyclic) bond motifs is 5. The minimum Gasteiger partial charge on any atom is -0.450 e. The molecule has 5 aliphatic rings. The first-order valence-electron chi connectivity index (χ1n) is 14.8. The average molecular weight is 474 g/mol. The standard InChI is InChI=1S/C30H51NO3/c1-6-21-23-9-7-8-16-28(23,3)25-14-17-29(4)22(12-13-24(29)30(25,5)26(21)32)19(2)15-18-34-27(33)31-20-10-11-20/h19-26,32H,6-18H2,1-5H3,(H,31,33)/t19-,21-,22-,23+,24-,25?,26-,28+,29-,30+/m1/s1. The second-order valence-electron chi connectivity index (χ2n) is 13.9. The first-order valence-corrected chi connectivity index (χ1v) is 14.8. The third-order valence-corrected chi connectivity index (χ3v) is 12.4. The van der Waals surface area contributed by atoms with Gasteiger partial charge >= 0.3 is 6.09 Å². The van der Waals surface area contributed by atoms with Crippen molar-refractivity contribution in [1.29, 1.82) is 0 Å². The molecule has 0 radical (unpaired) electrons. The van der Waals surface area contributed by atoms with Crippen LogP contribution in [0.5, 0.6) is 0 Å². The van der Waals surface area contributed by atoms with Crippen molar-refractivity contribution in [2.45, 2.75) is 124 Å². The van der Waals surface area contributed by atoms with Crippen molar-refractivity contribution >= 4 is 6.09 Å². The Balaban J connectivity index is 1.32. The van der Waals surface area contributed by atoms with Crippen molar-refractivity contribution in [3.8, 4) is 0 Å². The molecular formula is C30H51NO3. The van der Waals surface area contributed by atoms with Crippen molar-refractivity contribution in [3.63, 3.8) is 0 Å². The van der Waals surface area contributed by atoms with Crippen LogP contribution in [0.15, 0.2) is 0 Å². The van der Waals surface area contributed by atoms with Crippen molar-refractivity contribution in [2.75, 3.05) is 6.61 Å². The van der Waals surface area contributed by atoms with Crippen molar-refractivity contribution in [3.05, 3.63) is 0 Å². The summed E-state index contributed by atoms with van der Waals surface area (Å²) in [6, 6.07) is 0.356. The first kappa shape index (κ1) is 24.9. The highest BCUT2D eigenvalue weighted by atomic mass is 16.5. The highest BCUT2D eigenvalue weighted by molar-refractivity contribution is 5.67. The summed E-state index contributed by atoms with van der Waals surface area (Å²) in [7, 11) is 0. The van der Waals surface area contributed by atoms with Gasteiger partial charge in [0.2, 0.25) is 0 Å². The molecule has 0 spiro atoms. The Morgan fingerprint density at radius 2 is 1.74 bits per heavy atom. The van der Waals surface area contributed by atoms with Crippen LogP contribution in [0.3, 0.4) is 0 Å². The van der Waals surface area contributed by atoms with Gasteiger partial charge in [0.1, 0.15) is 0 Å². The Hall–Kier alpha value is -0.770. The number of ether oxygens (including phenoxy) is 1. The van der Waals surface area contributed by atoms with Gasteiger partial charge in [0.25, 0.3) is 0 Å². The van der Waals surface area contributed by atoms with Gasteiger partial charge in [0.15, 0.2) is 0 Å². The SMILES string of the molecule is CC[C@H]1[C@@H](O)[C@]2(C)C(CC[C@]3(C)[C@@H]([C@H](C)CCOC(=O)NC4CC4)CC[C@H]32)[C@@]2(C)CCCC[C@@H]12. The molecule has 194 valence electrons. The van der Waals surface area contributed by atoms with E-state index in [-0.39, 0.29) is 23.0 Å². The molecule has 1 unspecified atom stereocenters. The van der Waals surface area contributed by atoms with Gasteiger partial charge in [0, 0.05) is 11.5 Å². The van der Waals surface area contributed by atoms with Gasteiger partial charge in [-0.2, -0.15) is 0 Å². The predicted molar refractivity (Wildman–Crippen MR) is 136 cm³/mol. The molecular weight excluding hydrogens is 422 g/mol. The van der Waals surface area contributed by atoms with Crippen molar-refractivity contribution < 1.29 is 14.6 Å². The molecule has 0 aromatic carbocycles. The zero-order valence-corrected chi connectivity index (χ0v) is 22.6. The molecule has 2 N–H and O–H groups in total. The number of rotatable bonds is 6. The molecule has 0 heterocycles. The summed E-state index contributed by atoms with van der Waals surface area (Å²) in [6.07, 6.45) is 14.4. The Morgan fingerprint density at radius 1 is 1.00 bits per heavy atom. The van der Waals surface area contributed by atoms with Crippen molar-refractivity contribution in [2.24, 2.45) is 51.8 Å². The zero-order valence-electron chi connectivity index (χ0n) is 22.6. The van der Waals surface area contributed by atoms with E-state index in [0.717, 1.165) is 25.7 Å². The third-order valence-electron chi connectivity index (χ3n) is 12.4. The van der Waals surface area contributed by atoms with E-state index in [1.165, 1.54) is 51.4 Å². The van der Waals surface area contributed by atoms with Gasteiger partial charge in [-0.25, -0.2) is 4.79 Å². The maximum atomic E-state index is 12.1. The Labute approximate surface area is 208 Å². The molecule has 4 nitrogen and oxygen atoms in total. The fraction of sp³-hybridized carbons (Fsp3) is 0.967. The van der Waals surface area contributed by atoms with Gasteiger partial charge < -0.3 is 15.2 Å².